The van der Waals surface area contributed by atoms with Gasteiger partial charge in [-0.05, 0) is 24.3 Å². The molecule has 0 bridgehead atoms. The molecule has 0 aromatic heterocycles. The van der Waals surface area contributed by atoms with E-state index in [9.17, 15) is 4.79 Å². The van der Waals surface area contributed by atoms with Crippen molar-refractivity contribution in [3.63, 3.8) is 0 Å². The van der Waals surface area contributed by atoms with Crippen LogP contribution in [-0.4, -0.2) is 18.0 Å². The Bertz CT molecular complexity index is 712. The number of benzene rings is 1. The average Bonchev–Trinajstić information content (AvgIpc) is 2.51. The molecule has 1 aliphatic heterocycles. The summed E-state index contributed by atoms with van der Waals surface area (Å²) in [6, 6.07) is 7.97. The number of fused-ring (bicyclic) bond motifs is 2. The number of allylic oxidation sites excluding steroid dienone is 3. The molecule has 1 aromatic carbocycles. The van der Waals surface area contributed by atoms with E-state index in [4.69, 9.17) is 4.99 Å². The molecule has 0 amide bonds. The topological polar surface area (TPSA) is 29.4 Å². The summed E-state index contributed by atoms with van der Waals surface area (Å²) in [5, 5.41) is 0. The van der Waals surface area contributed by atoms with Gasteiger partial charge in [-0.15, -0.1) is 0 Å². The Hall–Kier alpha value is -1.96. The number of Topliss-reactive ketones (excluding diaryl/α,β-unsaturated/α-hetero) is 1. The van der Waals surface area contributed by atoms with Crippen molar-refractivity contribution in [1.82, 2.24) is 0 Å². The molecular formula is C19H19NO. The van der Waals surface area contributed by atoms with Crippen molar-refractivity contribution in [2.24, 2.45) is 22.2 Å². The number of aliphatic imine (C=N–C) groups is 1. The Balaban J connectivity index is 2.00. The summed E-state index contributed by atoms with van der Waals surface area (Å²) >= 11 is 0. The first-order valence-electron chi connectivity index (χ1n) is 7.69. The molecule has 106 valence electrons. The third-order valence-electron chi connectivity index (χ3n) is 5.64. The van der Waals surface area contributed by atoms with Gasteiger partial charge in [-0.3, -0.25) is 9.79 Å². The van der Waals surface area contributed by atoms with Gasteiger partial charge in [0.1, 0.15) is 0 Å². The van der Waals surface area contributed by atoms with Gasteiger partial charge in [0.25, 0.3) is 0 Å². The zero-order valence-electron chi connectivity index (χ0n) is 12.3. The van der Waals surface area contributed by atoms with Crippen LogP contribution in [0.5, 0.6) is 0 Å². The zero-order chi connectivity index (χ0) is 14.6. The number of carbonyl (C=O) groups excluding carboxylic acids is 1. The van der Waals surface area contributed by atoms with Gasteiger partial charge in [0.15, 0.2) is 5.78 Å². The summed E-state index contributed by atoms with van der Waals surface area (Å²) in [6.45, 7) is 7.05. The molecule has 0 fully saturated rings. The monoisotopic (exact) mass is 277 g/mol. The van der Waals surface area contributed by atoms with Gasteiger partial charge in [-0.1, -0.05) is 49.9 Å². The maximum Gasteiger partial charge on any atom is 0.167 e. The molecule has 21 heavy (non-hydrogen) atoms. The third kappa shape index (κ3) is 1.48. The minimum absolute atomic E-state index is 0.0279. The Morgan fingerprint density at radius 3 is 2.81 bits per heavy atom. The van der Waals surface area contributed by atoms with E-state index in [-0.39, 0.29) is 11.3 Å². The van der Waals surface area contributed by atoms with Crippen LogP contribution in [0.1, 0.15) is 35.7 Å². The summed E-state index contributed by atoms with van der Waals surface area (Å²) in [4.78, 5) is 17.8. The van der Waals surface area contributed by atoms with Crippen molar-refractivity contribution >= 4 is 11.5 Å². The summed E-state index contributed by atoms with van der Waals surface area (Å²) in [5.74, 6) is 0.692. The van der Waals surface area contributed by atoms with Crippen LogP contribution in [0.25, 0.3) is 0 Å². The minimum atomic E-state index is -0.165. The van der Waals surface area contributed by atoms with Crippen LogP contribution >= 0.6 is 0 Å². The first kappa shape index (κ1) is 12.8. The molecule has 0 radical (unpaired) electrons. The second-order valence-electron chi connectivity index (χ2n) is 6.46. The molecule has 0 spiro atoms. The Morgan fingerprint density at radius 2 is 2.05 bits per heavy atom. The summed E-state index contributed by atoms with van der Waals surface area (Å²) in [5.41, 5.74) is 4.19. The number of rotatable bonds is 1. The molecule has 0 unspecified atom stereocenters. The number of carbonyl (C=O) groups is 1. The smallest absolute Gasteiger partial charge is 0.167 e. The molecule has 2 aliphatic carbocycles. The van der Waals surface area contributed by atoms with Crippen molar-refractivity contribution in [3.8, 4) is 0 Å². The van der Waals surface area contributed by atoms with E-state index in [2.05, 4.69) is 25.6 Å². The van der Waals surface area contributed by atoms with Gasteiger partial charge in [-0.25, -0.2) is 0 Å². The molecule has 3 aliphatic rings. The van der Waals surface area contributed by atoms with Crippen LogP contribution in [0.2, 0.25) is 0 Å². The van der Waals surface area contributed by atoms with Gasteiger partial charge < -0.3 is 0 Å². The minimum Gasteiger partial charge on any atom is -0.294 e. The molecule has 1 aromatic rings. The van der Waals surface area contributed by atoms with E-state index < -0.39 is 0 Å². The molecule has 2 nitrogen and oxygen atoms in total. The summed E-state index contributed by atoms with van der Waals surface area (Å²) in [7, 11) is 0. The largest absolute Gasteiger partial charge is 0.294 e. The predicted molar refractivity (Wildman–Crippen MR) is 84.8 cm³/mol. The number of hydrogen-bond donors (Lipinski definition) is 0. The number of nitrogens with zero attached hydrogens (tertiary/aromatic N) is 1. The number of ketones is 1. The predicted octanol–water partition coefficient (Wildman–Crippen LogP) is 3.83. The van der Waals surface area contributed by atoms with Crippen LogP contribution in [0.15, 0.2) is 53.6 Å². The third-order valence-corrected chi connectivity index (χ3v) is 5.64. The number of hydrogen-bond acceptors (Lipinski definition) is 2. The highest BCUT2D eigenvalue weighted by molar-refractivity contribution is 6.20. The van der Waals surface area contributed by atoms with E-state index in [1.165, 1.54) is 5.57 Å². The second-order valence-corrected chi connectivity index (χ2v) is 6.46. The zero-order valence-corrected chi connectivity index (χ0v) is 12.3. The van der Waals surface area contributed by atoms with Gasteiger partial charge in [-0.2, -0.15) is 0 Å². The fraction of sp³-hybridized carbons (Fsp3) is 0.368. The van der Waals surface area contributed by atoms with Gasteiger partial charge >= 0.3 is 0 Å². The summed E-state index contributed by atoms with van der Waals surface area (Å²) in [6.07, 6.45) is 6.02. The standard InChI is InChI=1S/C19H19NO/c1-3-12-8-9-16-17(21)13-6-4-5-7-14(13)18-19(16,2)15(12)10-11-20-18/h3-8,15-16H,1,9-11H2,2H3/t15-,16-,19-/m0/s1. The lowest BCUT2D eigenvalue weighted by Gasteiger charge is -2.51. The molecule has 1 heterocycles. The lowest BCUT2D eigenvalue weighted by atomic mass is 9.51. The SMILES string of the molecule is C=CC1=CC[C@H]2C(=O)c3ccccc3C3=NCC[C@@H]1[C@]32C. The summed E-state index contributed by atoms with van der Waals surface area (Å²) < 4.78 is 0. The normalized spacial score (nSPS) is 33.5. The quantitative estimate of drug-likeness (QED) is 0.767. The maximum atomic E-state index is 13.0. The fourth-order valence-corrected chi connectivity index (χ4v) is 4.57. The Labute approximate surface area is 125 Å². The first-order chi connectivity index (χ1) is 10.2. The van der Waals surface area contributed by atoms with Crippen molar-refractivity contribution in [3.05, 3.63) is 59.7 Å². The molecule has 3 atom stereocenters. The average molecular weight is 277 g/mol. The molecular weight excluding hydrogens is 258 g/mol. The van der Waals surface area contributed by atoms with Crippen molar-refractivity contribution in [1.29, 1.82) is 0 Å². The van der Waals surface area contributed by atoms with Crippen LogP contribution in [0.4, 0.5) is 0 Å². The van der Waals surface area contributed by atoms with Gasteiger partial charge in [0.2, 0.25) is 0 Å². The van der Waals surface area contributed by atoms with E-state index in [1.54, 1.807) is 0 Å². The molecule has 0 saturated carbocycles. The van der Waals surface area contributed by atoms with E-state index in [0.717, 1.165) is 36.2 Å². The first-order valence-corrected chi connectivity index (χ1v) is 7.69. The van der Waals surface area contributed by atoms with E-state index in [1.807, 2.05) is 24.3 Å². The maximum absolute atomic E-state index is 13.0. The van der Waals surface area contributed by atoms with Crippen molar-refractivity contribution in [2.75, 3.05) is 6.54 Å². The van der Waals surface area contributed by atoms with Crippen LogP contribution in [-0.2, 0) is 0 Å². The lowest BCUT2D eigenvalue weighted by Crippen LogP contribution is -2.53. The highest BCUT2D eigenvalue weighted by atomic mass is 16.1. The highest BCUT2D eigenvalue weighted by Gasteiger charge is 2.55. The van der Waals surface area contributed by atoms with Gasteiger partial charge in [0, 0.05) is 34.7 Å². The lowest BCUT2D eigenvalue weighted by molar-refractivity contribution is 0.0755. The van der Waals surface area contributed by atoms with Crippen LogP contribution in [0.3, 0.4) is 0 Å². The molecule has 0 saturated heterocycles. The molecule has 0 N–H and O–H groups in total. The Morgan fingerprint density at radius 1 is 1.29 bits per heavy atom. The Kier molecular flexibility index (Phi) is 2.59. The van der Waals surface area contributed by atoms with E-state index in [0.29, 0.717) is 11.7 Å². The molecule has 2 heteroatoms. The van der Waals surface area contributed by atoms with Crippen molar-refractivity contribution < 1.29 is 4.79 Å². The molecule has 4 rings (SSSR count). The van der Waals surface area contributed by atoms with E-state index >= 15 is 0 Å². The second kappa shape index (κ2) is 4.27. The van der Waals surface area contributed by atoms with Crippen LogP contribution < -0.4 is 0 Å². The fourth-order valence-electron chi connectivity index (χ4n) is 4.57. The highest BCUT2D eigenvalue weighted by Crippen LogP contribution is 2.54. The van der Waals surface area contributed by atoms with Gasteiger partial charge in [0.05, 0.1) is 0 Å². The van der Waals surface area contributed by atoms with Crippen molar-refractivity contribution in [2.45, 2.75) is 19.8 Å². The van der Waals surface area contributed by atoms with Crippen LogP contribution in [0, 0.1) is 17.3 Å².